The van der Waals surface area contributed by atoms with Crippen LogP contribution in [0, 0.1) is 0 Å². The molecular weight excluding hydrogens is 346 g/mol. The van der Waals surface area contributed by atoms with Crippen molar-refractivity contribution < 1.29 is 13.6 Å². The van der Waals surface area contributed by atoms with E-state index in [1.807, 2.05) is 18.2 Å². The van der Waals surface area contributed by atoms with Gasteiger partial charge in [-0.15, -0.1) is 11.3 Å². The molecule has 4 rings (SSSR count). The van der Waals surface area contributed by atoms with Gasteiger partial charge in [-0.2, -0.15) is 0 Å². The number of carbonyl (C=O) groups excluding carboxylic acids is 1. The summed E-state index contributed by atoms with van der Waals surface area (Å²) in [5.41, 5.74) is 3.79. The molecule has 2 heterocycles. The Kier molecular flexibility index (Phi) is 3.99. The second-order valence-corrected chi connectivity index (χ2v) is 7.10. The number of rotatable bonds is 2. The van der Waals surface area contributed by atoms with Crippen LogP contribution in [0.1, 0.15) is 31.2 Å². The van der Waals surface area contributed by atoms with Crippen molar-refractivity contribution in [3.63, 3.8) is 0 Å². The van der Waals surface area contributed by atoms with Crippen molar-refractivity contribution in [1.82, 2.24) is 15.6 Å². The second kappa shape index (κ2) is 6.18. The lowest BCUT2D eigenvalue weighted by Gasteiger charge is -2.28. The third-order valence-electron chi connectivity index (χ3n) is 4.41. The highest BCUT2D eigenvalue weighted by molar-refractivity contribution is 7.16. The Morgan fingerprint density at radius 3 is 3.04 bits per heavy atom. The van der Waals surface area contributed by atoms with E-state index in [-0.39, 0.29) is 18.3 Å². The van der Waals surface area contributed by atoms with Crippen LogP contribution in [0.3, 0.4) is 0 Å². The fourth-order valence-electron chi connectivity index (χ4n) is 3.08. The van der Waals surface area contributed by atoms with Crippen molar-refractivity contribution in [3.8, 4) is 0 Å². The molecule has 1 saturated carbocycles. The van der Waals surface area contributed by atoms with E-state index in [4.69, 9.17) is 0 Å². The van der Waals surface area contributed by atoms with Crippen LogP contribution in [0.4, 0.5) is 8.78 Å². The number of aliphatic imine (C=N–C) groups is 1. The number of fused-ring (bicyclic) bond motifs is 1. The highest BCUT2D eigenvalue weighted by Gasteiger charge is 2.42. The molecule has 5 nitrogen and oxygen atoms in total. The van der Waals surface area contributed by atoms with Gasteiger partial charge in [0.05, 0.1) is 15.7 Å². The fourth-order valence-corrected chi connectivity index (χ4v) is 3.80. The van der Waals surface area contributed by atoms with Crippen LogP contribution in [0.15, 0.2) is 34.4 Å². The fraction of sp³-hybridized carbons (Fsp3) is 0.353. The Hall–Kier alpha value is -2.35. The van der Waals surface area contributed by atoms with Crippen molar-refractivity contribution in [2.45, 2.75) is 37.6 Å². The summed E-state index contributed by atoms with van der Waals surface area (Å²) in [6.07, 6.45) is 3.09. The first-order valence-corrected chi connectivity index (χ1v) is 8.98. The van der Waals surface area contributed by atoms with Gasteiger partial charge in [0.1, 0.15) is 11.7 Å². The molecular formula is C17H16F2N4OS. The highest BCUT2D eigenvalue weighted by Crippen LogP contribution is 2.35. The normalized spacial score (nSPS) is 26.2. The first-order valence-electron chi connectivity index (χ1n) is 8.10. The number of hydrogen-bond acceptors (Lipinski definition) is 4. The number of hydrogen-bond donors (Lipinski definition) is 2. The minimum atomic E-state index is -2.82. The highest BCUT2D eigenvalue weighted by atomic mass is 32.1. The van der Waals surface area contributed by atoms with Crippen LogP contribution in [0.2, 0.25) is 0 Å². The number of aromatic nitrogens is 1. The molecule has 0 spiro atoms. The number of amides is 1. The van der Waals surface area contributed by atoms with Crippen molar-refractivity contribution in [1.29, 1.82) is 0 Å². The maximum Gasteiger partial charge on any atom is 0.274 e. The summed E-state index contributed by atoms with van der Waals surface area (Å²) in [6, 6.07) is 4.58. The van der Waals surface area contributed by atoms with Crippen molar-refractivity contribution in [3.05, 3.63) is 35.0 Å². The number of nitrogens with one attached hydrogen (secondary N) is 2. The standard InChI is InChI=1S/C17H16F2N4OS/c18-17(19)6-2-1-3-14(17)22-16-21-12(15(24)23-16)7-10-4-5-11-13(8-10)25-9-20-11/h4-5,7-9,14H,1-3,6H2,(H2,21,22,23,24)/b12-7-. The monoisotopic (exact) mass is 362 g/mol. The summed E-state index contributed by atoms with van der Waals surface area (Å²) < 4.78 is 28.8. The molecule has 8 heteroatoms. The van der Waals surface area contributed by atoms with Crippen LogP contribution in [-0.4, -0.2) is 28.8 Å². The maximum atomic E-state index is 13.9. The van der Waals surface area contributed by atoms with E-state index in [2.05, 4.69) is 20.6 Å². The number of thiazole rings is 1. The minimum absolute atomic E-state index is 0.0988. The molecule has 1 aliphatic carbocycles. The molecule has 1 aliphatic heterocycles. The number of nitrogens with zero attached hydrogens (tertiary/aromatic N) is 2. The van der Waals surface area contributed by atoms with E-state index < -0.39 is 12.0 Å². The topological polar surface area (TPSA) is 66.4 Å². The third-order valence-corrected chi connectivity index (χ3v) is 5.20. The van der Waals surface area contributed by atoms with Crippen molar-refractivity contribution >= 4 is 39.5 Å². The van der Waals surface area contributed by atoms with E-state index in [0.717, 1.165) is 22.2 Å². The molecule has 2 aromatic rings. The van der Waals surface area contributed by atoms with Gasteiger partial charge in [-0.3, -0.25) is 10.1 Å². The van der Waals surface area contributed by atoms with Gasteiger partial charge in [-0.25, -0.2) is 18.8 Å². The minimum Gasteiger partial charge on any atom is -0.321 e. The SMILES string of the molecule is O=C1NC(=NC2CCCCC2(F)F)N/C1=C\c1ccc2ncsc2c1. The summed E-state index contributed by atoms with van der Waals surface area (Å²) in [7, 11) is 0. The van der Waals surface area contributed by atoms with Gasteiger partial charge < -0.3 is 5.32 Å². The average Bonchev–Trinajstić information content (AvgIpc) is 3.16. The Morgan fingerprint density at radius 2 is 2.20 bits per heavy atom. The van der Waals surface area contributed by atoms with Crippen LogP contribution in [0.25, 0.3) is 16.3 Å². The molecule has 0 radical (unpaired) electrons. The van der Waals surface area contributed by atoms with Crippen LogP contribution in [-0.2, 0) is 4.79 Å². The molecule has 1 atom stereocenters. The van der Waals surface area contributed by atoms with Gasteiger partial charge in [0.25, 0.3) is 11.8 Å². The van der Waals surface area contributed by atoms with E-state index in [0.29, 0.717) is 18.5 Å². The van der Waals surface area contributed by atoms with Crippen LogP contribution in [0.5, 0.6) is 0 Å². The Morgan fingerprint density at radius 1 is 1.32 bits per heavy atom. The molecule has 1 unspecified atom stereocenters. The lowest BCUT2D eigenvalue weighted by atomic mass is 9.92. The Labute approximate surface area is 146 Å². The van der Waals surface area contributed by atoms with Gasteiger partial charge in [0.15, 0.2) is 0 Å². The zero-order chi connectivity index (χ0) is 17.4. The molecule has 1 aromatic heterocycles. The Bertz CT molecular complexity index is 890. The summed E-state index contributed by atoms with van der Waals surface area (Å²) in [4.78, 5) is 20.3. The summed E-state index contributed by atoms with van der Waals surface area (Å²) >= 11 is 1.52. The lowest BCUT2D eigenvalue weighted by molar-refractivity contribution is -0.115. The van der Waals surface area contributed by atoms with Gasteiger partial charge in [0.2, 0.25) is 5.96 Å². The third kappa shape index (κ3) is 3.26. The molecule has 2 fully saturated rings. The predicted molar refractivity (Wildman–Crippen MR) is 93.5 cm³/mol. The predicted octanol–water partition coefficient (Wildman–Crippen LogP) is 3.29. The number of benzene rings is 1. The van der Waals surface area contributed by atoms with Crippen molar-refractivity contribution in [2.24, 2.45) is 4.99 Å². The number of alkyl halides is 2. The lowest BCUT2D eigenvalue weighted by Crippen LogP contribution is -2.38. The summed E-state index contributed by atoms with van der Waals surface area (Å²) in [6.45, 7) is 0. The Balaban J connectivity index is 1.56. The smallest absolute Gasteiger partial charge is 0.274 e. The van der Waals surface area contributed by atoms with E-state index in [9.17, 15) is 13.6 Å². The van der Waals surface area contributed by atoms with Gasteiger partial charge in [-0.1, -0.05) is 12.5 Å². The molecule has 2 N–H and O–H groups in total. The number of carbonyl (C=O) groups is 1. The number of halogens is 2. The van der Waals surface area contributed by atoms with Gasteiger partial charge in [-0.05, 0) is 36.6 Å². The molecule has 0 bridgehead atoms. The van der Waals surface area contributed by atoms with Crippen molar-refractivity contribution in [2.75, 3.05) is 0 Å². The maximum absolute atomic E-state index is 13.9. The van der Waals surface area contributed by atoms with E-state index in [1.165, 1.54) is 11.3 Å². The molecule has 1 saturated heterocycles. The largest absolute Gasteiger partial charge is 0.321 e. The second-order valence-electron chi connectivity index (χ2n) is 6.22. The molecule has 2 aliphatic rings. The zero-order valence-corrected chi connectivity index (χ0v) is 14.1. The van der Waals surface area contributed by atoms with E-state index in [1.54, 1.807) is 11.6 Å². The molecule has 130 valence electrons. The summed E-state index contributed by atoms with van der Waals surface area (Å²) in [5, 5.41) is 5.35. The molecule has 1 amide bonds. The summed E-state index contributed by atoms with van der Waals surface area (Å²) in [5.74, 6) is -3.09. The quantitative estimate of drug-likeness (QED) is 0.806. The molecule has 25 heavy (non-hydrogen) atoms. The first-order chi connectivity index (χ1) is 12.0. The van der Waals surface area contributed by atoms with Crippen LogP contribution >= 0.6 is 11.3 Å². The van der Waals surface area contributed by atoms with E-state index >= 15 is 0 Å². The van der Waals surface area contributed by atoms with Gasteiger partial charge >= 0.3 is 0 Å². The first kappa shape index (κ1) is 16.1. The van der Waals surface area contributed by atoms with Crippen LogP contribution < -0.4 is 10.6 Å². The zero-order valence-electron chi connectivity index (χ0n) is 13.3. The average molecular weight is 362 g/mol. The molecule has 1 aromatic carbocycles. The van der Waals surface area contributed by atoms with Gasteiger partial charge in [0, 0.05) is 6.42 Å². The number of guanidine groups is 1.